The number of amides is 1. The van der Waals surface area contributed by atoms with E-state index in [1.807, 2.05) is 49.3 Å². The molecule has 1 saturated heterocycles. The van der Waals surface area contributed by atoms with Crippen molar-refractivity contribution >= 4 is 28.6 Å². The summed E-state index contributed by atoms with van der Waals surface area (Å²) in [5.41, 5.74) is 3.52. The molecule has 2 aliphatic heterocycles. The van der Waals surface area contributed by atoms with Gasteiger partial charge in [-0.1, -0.05) is 12.1 Å². The summed E-state index contributed by atoms with van der Waals surface area (Å²) in [6, 6.07) is 7.80. The Morgan fingerprint density at radius 3 is 2.45 bits per heavy atom. The summed E-state index contributed by atoms with van der Waals surface area (Å²) in [5, 5.41) is 0. The van der Waals surface area contributed by atoms with E-state index in [0.717, 1.165) is 41.9 Å². The standard InChI is InChI=1S/C23H23N5O2S/c1-15-25-11-17(12-26-15)16-5-6-20-21(9-16)28(22(29)23(20,2)3)18-10-19(14-24-13-18)31(30)27-7-4-8-27/h5-6,9-14H,4,7-8H2,1-3H3. The SMILES string of the molecule is Cc1ncc(-c2ccc3c(c2)N(c2cncc([S+]([O-])N4CCC4)c2)C(=O)C3(C)C)cn1. The molecule has 7 nitrogen and oxygen atoms in total. The van der Waals surface area contributed by atoms with Crippen molar-refractivity contribution in [1.29, 1.82) is 0 Å². The Morgan fingerprint density at radius 2 is 1.77 bits per heavy atom. The lowest BCUT2D eigenvalue weighted by molar-refractivity contribution is -0.121. The molecular weight excluding hydrogens is 410 g/mol. The van der Waals surface area contributed by atoms with Gasteiger partial charge < -0.3 is 4.55 Å². The topological polar surface area (TPSA) is 85.3 Å². The van der Waals surface area contributed by atoms with Gasteiger partial charge in [0.1, 0.15) is 5.82 Å². The number of carbonyl (C=O) groups excluding carboxylic acids is 1. The number of aryl methyl sites for hydroxylation is 1. The Kier molecular flexibility index (Phi) is 4.80. The first-order chi connectivity index (χ1) is 14.9. The summed E-state index contributed by atoms with van der Waals surface area (Å²) >= 11 is -1.26. The summed E-state index contributed by atoms with van der Waals surface area (Å²) in [6.45, 7) is 7.34. The second kappa shape index (κ2) is 7.40. The monoisotopic (exact) mass is 433 g/mol. The van der Waals surface area contributed by atoms with E-state index >= 15 is 0 Å². The molecule has 0 aliphatic carbocycles. The number of nitrogens with zero attached hydrogens (tertiary/aromatic N) is 5. The molecule has 2 aliphatic rings. The van der Waals surface area contributed by atoms with E-state index in [1.165, 1.54) is 0 Å². The predicted octanol–water partition coefficient (Wildman–Crippen LogP) is 3.53. The van der Waals surface area contributed by atoms with E-state index in [-0.39, 0.29) is 5.91 Å². The van der Waals surface area contributed by atoms with Crippen LogP contribution in [-0.4, -0.2) is 42.8 Å². The van der Waals surface area contributed by atoms with Crippen LogP contribution in [0.1, 0.15) is 31.7 Å². The van der Waals surface area contributed by atoms with Gasteiger partial charge in [0.25, 0.3) is 0 Å². The van der Waals surface area contributed by atoms with E-state index in [0.29, 0.717) is 16.4 Å². The highest BCUT2D eigenvalue weighted by molar-refractivity contribution is 7.89. The molecule has 0 radical (unpaired) electrons. The van der Waals surface area contributed by atoms with Crippen LogP contribution in [-0.2, 0) is 21.6 Å². The van der Waals surface area contributed by atoms with Gasteiger partial charge in [0.05, 0.1) is 40.5 Å². The zero-order valence-electron chi connectivity index (χ0n) is 17.7. The average molecular weight is 434 g/mol. The van der Waals surface area contributed by atoms with Gasteiger partial charge in [0.15, 0.2) is 4.90 Å². The van der Waals surface area contributed by atoms with E-state index in [4.69, 9.17) is 0 Å². The maximum Gasteiger partial charge on any atom is 0.241 e. The Bertz CT molecular complexity index is 1160. The summed E-state index contributed by atoms with van der Waals surface area (Å²) in [7, 11) is 0. The van der Waals surface area contributed by atoms with Crippen LogP contribution in [0.25, 0.3) is 11.1 Å². The van der Waals surface area contributed by atoms with Gasteiger partial charge in [-0.2, -0.15) is 0 Å². The van der Waals surface area contributed by atoms with Gasteiger partial charge >= 0.3 is 0 Å². The third-order valence-electron chi connectivity index (χ3n) is 5.97. The maximum absolute atomic E-state index is 13.4. The van der Waals surface area contributed by atoms with Gasteiger partial charge in [0, 0.05) is 37.1 Å². The molecule has 4 heterocycles. The molecule has 31 heavy (non-hydrogen) atoms. The molecule has 158 valence electrons. The minimum atomic E-state index is -1.26. The van der Waals surface area contributed by atoms with Crippen LogP contribution < -0.4 is 4.90 Å². The number of hydrogen-bond acceptors (Lipinski definition) is 6. The number of carbonyl (C=O) groups is 1. The lowest BCUT2D eigenvalue weighted by Crippen LogP contribution is -2.42. The van der Waals surface area contributed by atoms with Crippen LogP contribution in [0.15, 0.2) is 53.9 Å². The highest BCUT2D eigenvalue weighted by Crippen LogP contribution is 2.46. The van der Waals surface area contributed by atoms with Crippen molar-refractivity contribution < 1.29 is 9.35 Å². The summed E-state index contributed by atoms with van der Waals surface area (Å²) in [5.74, 6) is 0.675. The summed E-state index contributed by atoms with van der Waals surface area (Å²) < 4.78 is 14.7. The third kappa shape index (κ3) is 3.31. The first-order valence-corrected chi connectivity index (χ1v) is 11.4. The fourth-order valence-electron chi connectivity index (χ4n) is 3.95. The Morgan fingerprint density at radius 1 is 1.03 bits per heavy atom. The Labute approximate surface area is 184 Å². The molecule has 1 fully saturated rings. The predicted molar refractivity (Wildman–Crippen MR) is 119 cm³/mol. The van der Waals surface area contributed by atoms with Gasteiger partial charge in [0.2, 0.25) is 5.91 Å². The fourth-order valence-corrected chi connectivity index (χ4v) is 5.21. The lowest BCUT2D eigenvalue weighted by Gasteiger charge is -2.30. The molecular formula is C23H23N5O2S. The largest absolute Gasteiger partial charge is 0.593 e. The zero-order chi connectivity index (χ0) is 21.8. The first-order valence-electron chi connectivity index (χ1n) is 10.3. The van der Waals surface area contributed by atoms with E-state index in [9.17, 15) is 9.35 Å². The third-order valence-corrected chi connectivity index (χ3v) is 7.43. The smallest absolute Gasteiger partial charge is 0.241 e. The van der Waals surface area contributed by atoms with Crippen molar-refractivity contribution in [3.63, 3.8) is 0 Å². The van der Waals surface area contributed by atoms with E-state index in [1.54, 1.807) is 29.7 Å². The molecule has 2 aromatic heterocycles. The van der Waals surface area contributed by atoms with Crippen molar-refractivity contribution in [2.45, 2.75) is 37.5 Å². The minimum Gasteiger partial charge on any atom is -0.593 e. The molecule has 1 unspecified atom stereocenters. The average Bonchev–Trinajstić information content (AvgIpc) is 2.92. The van der Waals surface area contributed by atoms with Gasteiger partial charge in [-0.3, -0.25) is 14.7 Å². The number of aromatic nitrogens is 3. The van der Waals surface area contributed by atoms with Crippen molar-refractivity contribution in [1.82, 2.24) is 19.3 Å². The zero-order valence-corrected chi connectivity index (χ0v) is 18.5. The molecule has 1 aromatic carbocycles. The molecule has 5 rings (SSSR count). The van der Waals surface area contributed by atoms with E-state index in [2.05, 4.69) is 15.0 Å². The molecule has 1 amide bonds. The quantitative estimate of drug-likeness (QED) is 0.585. The number of fused-ring (bicyclic) bond motifs is 1. The molecule has 1 atom stereocenters. The van der Waals surface area contributed by atoms with Crippen LogP contribution in [0.5, 0.6) is 0 Å². The van der Waals surface area contributed by atoms with Crippen molar-refractivity contribution in [3.05, 3.63) is 60.4 Å². The molecule has 3 aromatic rings. The molecule has 0 bridgehead atoms. The second-order valence-electron chi connectivity index (χ2n) is 8.43. The molecule has 0 saturated carbocycles. The number of anilines is 2. The van der Waals surface area contributed by atoms with Crippen molar-refractivity contribution in [2.24, 2.45) is 0 Å². The Hall–Kier alpha value is -2.81. The maximum atomic E-state index is 13.4. The highest BCUT2D eigenvalue weighted by atomic mass is 32.2. The van der Waals surface area contributed by atoms with Crippen LogP contribution in [0.4, 0.5) is 11.4 Å². The van der Waals surface area contributed by atoms with Crippen LogP contribution in [0.3, 0.4) is 0 Å². The van der Waals surface area contributed by atoms with Gasteiger partial charge in [-0.15, -0.1) is 4.31 Å². The van der Waals surface area contributed by atoms with Gasteiger partial charge in [-0.05, 0) is 44.4 Å². The van der Waals surface area contributed by atoms with Crippen LogP contribution >= 0.6 is 0 Å². The summed E-state index contributed by atoms with van der Waals surface area (Å²) in [4.78, 5) is 28.6. The van der Waals surface area contributed by atoms with Crippen molar-refractivity contribution in [3.8, 4) is 11.1 Å². The minimum absolute atomic E-state index is 0.0338. The van der Waals surface area contributed by atoms with Gasteiger partial charge in [-0.25, -0.2) is 9.97 Å². The first kappa shape index (κ1) is 20.1. The van der Waals surface area contributed by atoms with Crippen LogP contribution in [0, 0.1) is 6.92 Å². The second-order valence-corrected chi connectivity index (χ2v) is 9.91. The molecule has 0 N–H and O–H groups in total. The van der Waals surface area contributed by atoms with Crippen LogP contribution in [0.2, 0.25) is 0 Å². The number of rotatable bonds is 4. The normalized spacial score (nSPS) is 18.6. The number of benzene rings is 1. The number of pyridine rings is 1. The molecule has 8 heteroatoms. The fraction of sp³-hybridized carbons (Fsp3) is 0.304. The Balaban J connectivity index is 1.58. The number of hydrogen-bond donors (Lipinski definition) is 0. The van der Waals surface area contributed by atoms with E-state index < -0.39 is 16.8 Å². The molecule has 0 spiro atoms. The lowest BCUT2D eigenvalue weighted by atomic mass is 9.85. The van der Waals surface area contributed by atoms with Crippen molar-refractivity contribution in [2.75, 3.05) is 18.0 Å². The summed E-state index contributed by atoms with van der Waals surface area (Å²) in [6.07, 6.45) is 7.89. The highest BCUT2D eigenvalue weighted by Gasteiger charge is 2.45.